The summed E-state index contributed by atoms with van der Waals surface area (Å²) in [5.74, 6) is -1.99. The van der Waals surface area contributed by atoms with E-state index < -0.39 is 23.2 Å². The molecule has 1 aliphatic carbocycles. The van der Waals surface area contributed by atoms with Crippen molar-refractivity contribution in [1.82, 2.24) is 10.2 Å². The van der Waals surface area contributed by atoms with Gasteiger partial charge in [0, 0.05) is 11.3 Å². The third kappa shape index (κ3) is 2.50. The van der Waals surface area contributed by atoms with E-state index in [1.54, 1.807) is 13.8 Å². The van der Waals surface area contributed by atoms with Crippen molar-refractivity contribution in [3.8, 4) is 11.1 Å². The van der Waals surface area contributed by atoms with Gasteiger partial charge in [0.05, 0.1) is 11.8 Å². The summed E-state index contributed by atoms with van der Waals surface area (Å²) in [7, 11) is 0. The summed E-state index contributed by atoms with van der Waals surface area (Å²) in [5.41, 5.74) is 2.08. The second-order valence-corrected chi connectivity index (χ2v) is 6.54. The molecule has 1 heterocycles. The van der Waals surface area contributed by atoms with Crippen LogP contribution in [0.4, 0.5) is 5.82 Å². The number of aryl methyl sites for hydroxylation is 1. The molecule has 2 aromatic rings. The number of nitrogens with one attached hydrogen (secondary N) is 2. The van der Waals surface area contributed by atoms with Crippen LogP contribution in [0, 0.1) is 24.2 Å². The van der Waals surface area contributed by atoms with E-state index in [1.165, 1.54) is 0 Å². The number of carbonyl (C=O) groups excluding carboxylic acids is 1. The van der Waals surface area contributed by atoms with E-state index in [0.29, 0.717) is 5.82 Å². The molecule has 0 radical (unpaired) electrons. The van der Waals surface area contributed by atoms with E-state index in [-0.39, 0.29) is 5.91 Å². The highest BCUT2D eigenvalue weighted by Crippen LogP contribution is 2.58. The van der Waals surface area contributed by atoms with E-state index in [2.05, 4.69) is 15.5 Å². The van der Waals surface area contributed by atoms with Crippen LogP contribution in [-0.2, 0) is 9.59 Å². The first kappa shape index (κ1) is 15.3. The molecule has 0 saturated heterocycles. The highest BCUT2D eigenvalue weighted by Gasteiger charge is 2.66. The van der Waals surface area contributed by atoms with Crippen LogP contribution in [0.25, 0.3) is 11.1 Å². The number of anilines is 1. The summed E-state index contributed by atoms with van der Waals surface area (Å²) in [5, 5.41) is 19.0. The van der Waals surface area contributed by atoms with Crippen LogP contribution in [0.1, 0.15) is 19.5 Å². The van der Waals surface area contributed by atoms with Gasteiger partial charge >= 0.3 is 5.97 Å². The number of H-pyrrole nitrogens is 1. The van der Waals surface area contributed by atoms with Gasteiger partial charge in [-0.15, -0.1) is 0 Å². The number of rotatable bonds is 4. The van der Waals surface area contributed by atoms with Gasteiger partial charge in [0.2, 0.25) is 5.91 Å². The first-order chi connectivity index (χ1) is 10.8. The molecular formula is C17H19N3O3. The maximum atomic E-state index is 12.5. The number of hydrogen-bond acceptors (Lipinski definition) is 3. The molecule has 2 unspecified atom stereocenters. The van der Waals surface area contributed by atoms with Crippen LogP contribution < -0.4 is 5.32 Å². The summed E-state index contributed by atoms with van der Waals surface area (Å²) < 4.78 is 0. The predicted octanol–water partition coefficient (Wildman–Crippen LogP) is 2.68. The largest absolute Gasteiger partial charge is 0.481 e. The lowest BCUT2D eigenvalue weighted by Gasteiger charge is -2.07. The number of benzene rings is 1. The number of carboxylic acid groups (broad SMARTS) is 1. The number of carbonyl (C=O) groups is 2. The number of aromatic nitrogens is 2. The molecule has 3 N–H and O–H groups in total. The highest BCUT2D eigenvalue weighted by molar-refractivity contribution is 6.01. The van der Waals surface area contributed by atoms with Crippen LogP contribution in [0.2, 0.25) is 0 Å². The van der Waals surface area contributed by atoms with Gasteiger partial charge in [-0.25, -0.2) is 0 Å². The topological polar surface area (TPSA) is 95.1 Å². The number of aliphatic carboxylic acids is 1. The molecule has 1 saturated carbocycles. The Morgan fingerprint density at radius 1 is 1.22 bits per heavy atom. The summed E-state index contributed by atoms with van der Waals surface area (Å²) in [6.45, 7) is 5.47. The van der Waals surface area contributed by atoms with Crippen LogP contribution in [0.5, 0.6) is 0 Å². The molecule has 1 aromatic carbocycles. The van der Waals surface area contributed by atoms with E-state index in [1.807, 2.05) is 37.3 Å². The van der Waals surface area contributed by atoms with Crippen LogP contribution in [0.15, 0.2) is 30.3 Å². The number of amides is 1. The average Bonchev–Trinajstić information content (AvgIpc) is 2.91. The van der Waals surface area contributed by atoms with Crippen molar-refractivity contribution in [2.75, 3.05) is 5.32 Å². The molecule has 1 amide bonds. The second-order valence-electron chi connectivity index (χ2n) is 6.54. The standard InChI is InChI=1S/C17H19N3O3/c1-9-11(10-7-5-4-6-8-10)14(20-19-9)18-15(21)12-13(16(22)23)17(12,2)3/h4-8,12-13H,1-3H3,(H,22,23)(H2,18,19,20,21). The van der Waals surface area contributed by atoms with Crippen molar-refractivity contribution in [1.29, 1.82) is 0 Å². The molecule has 23 heavy (non-hydrogen) atoms. The molecule has 120 valence electrons. The molecule has 6 heteroatoms. The average molecular weight is 313 g/mol. The number of hydrogen-bond donors (Lipinski definition) is 3. The fourth-order valence-corrected chi connectivity index (χ4v) is 3.26. The molecule has 3 rings (SSSR count). The normalized spacial score (nSPS) is 21.7. The van der Waals surface area contributed by atoms with E-state index in [4.69, 9.17) is 0 Å². The summed E-state index contributed by atoms with van der Waals surface area (Å²) >= 11 is 0. The van der Waals surface area contributed by atoms with Crippen LogP contribution >= 0.6 is 0 Å². The molecule has 0 aliphatic heterocycles. The number of nitrogens with zero attached hydrogens (tertiary/aromatic N) is 1. The van der Waals surface area contributed by atoms with Gasteiger partial charge in [-0.1, -0.05) is 44.2 Å². The summed E-state index contributed by atoms with van der Waals surface area (Å²) in [6, 6.07) is 9.63. The zero-order valence-corrected chi connectivity index (χ0v) is 13.3. The first-order valence-electron chi connectivity index (χ1n) is 7.48. The molecular weight excluding hydrogens is 294 g/mol. The Bertz CT molecular complexity index is 765. The quantitative estimate of drug-likeness (QED) is 0.808. The Balaban J connectivity index is 1.85. The van der Waals surface area contributed by atoms with Crippen molar-refractivity contribution in [2.24, 2.45) is 17.3 Å². The lowest BCUT2D eigenvalue weighted by molar-refractivity contribution is -0.140. The minimum atomic E-state index is -0.934. The fourth-order valence-electron chi connectivity index (χ4n) is 3.26. The third-order valence-corrected chi connectivity index (χ3v) is 4.63. The zero-order valence-electron chi connectivity index (χ0n) is 13.3. The lowest BCUT2D eigenvalue weighted by atomic mass is 10.1. The smallest absolute Gasteiger partial charge is 0.307 e. The van der Waals surface area contributed by atoms with Gasteiger partial charge in [-0.05, 0) is 17.9 Å². The monoisotopic (exact) mass is 313 g/mol. The van der Waals surface area contributed by atoms with Gasteiger partial charge in [0.1, 0.15) is 0 Å². The van der Waals surface area contributed by atoms with Crippen molar-refractivity contribution < 1.29 is 14.7 Å². The van der Waals surface area contributed by atoms with E-state index in [0.717, 1.165) is 16.8 Å². The maximum absolute atomic E-state index is 12.5. The third-order valence-electron chi connectivity index (χ3n) is 4.63. The van der Waals surface area contributed by atoms with Gasteiger partial charge in [-0.2, -0.15) is 5.10 Å². The van der Waals surface area contributed by atoms with E-state index >= 15 is 0 Å². The van der Waals surface area contributed by atoms with Gasteiger partial charge < -0.3 is 10.4 Å². The van der Waals surface area contributed by atoms with Crippen molar-refractivity contribution in [3.63, 3.8) is 0 Å². The van der Waals surface area contributed by atoms with Crippen LogP contribution in [-0.4, -0.2) is 27.2 Å². The number of carboxylic acids is 1. The fraction of sp³-hybridized carbons (Fsp3) is 0.353. The second kappa shape index (κ2) is 5.22. The SMILES string of the molecule is Cc1[nH]nc(NC(=O)C2C(C(=O)O)C2(C)C)c1-c1ccccc1. The first-order valence-corrected chi connectivity index (χ1v) is 7.48. The van der Waals surface area contributed by atoms with Gasteiger partial charge in [0.25, 0.3) is 0 Å². The maximum Gasteiger partial charge on any atom is 0.307 e. The Hall–Kier alpha value is -2.63. The molecule has 1 aromatic heterocycles. The van der Waals surface area contributed by atoms with Crippen LogP contribution in [0.3, 0.4) is 0 Å². The number of aromatic amines is 1. The van der Waals surface area contributed by atoms with Gasteiger partial charge in [0.15, 0.2) is 5.82 Å². The minimum absolute atomic E-state index is 0.300. The van der Waals surface area contributed by atoms with Gasteiger partial charge in [-0.3, -0.25) is 14.7 Å². The predicted molar refractivity (Wildman–Crippen MR) is 85.8 cm³/mol. The molecule has 6 nitrogen and oxygen atoms in total. The lowest BCUT2D eigenvalue weighted by Crippen LogP contribution is -2.18. The Kier molecular flexibility index (Phi) is 3.47. The van der Waals surface area contributed by atoms with Crippen molar-refractivity contribution in [2.45, 2.75) is 20.8 Å². The minimum Gasteiger partial charge on any atom is -0.481 e. The molecule has 1 fully saturated rings. The molecule has 0 spiro atoms. The molecule has 1 aliphatic rings. The molecule has 2 atom stereocenters. The Labute approximate surface area is 133 Å². The zero-order chi connectivity index (χ0) is 16.8. The highest BCUT2D eigenvalue weighted by atomic mass is 16.4. The summed E-state index contributed by atoms with van der Waals surface area (Å²) in [4.78, 5) is 23.7. The summed E-state index contributed by atoms with van der Waals surface area (Å²) in [6.07, 6.45) is 0. The Morgan fingerprint density at radius 2 is 1.87 bits per heavy atom. The van der Waals surface area contributed by atoms with E-state index in [9.17, 15) is 14.7 Å². The van der Waals surface area contributed by atoms with Crippen molar-refractivity contribution in [3.05, 3.63) is 36.0 Å². The van der Waals surface area contributed by atoms with Crippen molar-refractivity contribution >= 4 is 17.7 Å². The Morgan fingerprint density at radius 3 is 2.43 bits per heavy atom. The molecule has 0 bridgehead atoms.